The molecule has 0 unspecified atom stereocenters. The van der Waals surface area contributed by atoms with Gasteiger partial charge in [0.1, 0.15) is 17.3 Å². The van der Waals surface area contributed by atoms with Crippen molar-refractivity contribution in [3.63, 3.8) is 0 Å². The van der Waals surface area contributed by atoms with Gasteiger partial charge in [-0.2, -0.15) is 4.98 Å². The maximum Gasteiger partial charge on any atom is 0.267 e. The van der Waals surface area contributed by atoms with Crippen molar-refractivity contribution in [3.05, 3.63) is 42.2 Å². The zero-order valence-corrected chi connectivity index (χ0v) is 14.2. The summed E-state index contributed by atoms with van der Waals surface area (Å²) < 4.78 is 11.0. The Bertz CT molecular complexity index is 730. The van der Waals surface area contributed by atoms with Crippen LogP contribution in [0.2, 0.25) is 0 Å². The Kier molecular flexibility index (Phi) is 5.33. The second-order valence-electron chi connectivity index (χ2n) is 6.02. The first-order valence-corrected chi connectivity index (χ1v) is 8.30. The number of carbonyl (C=O) groups excluding carboxylic acids is 1. The second kappa shape index (κ2) is 7.83. The summed E-state index contributed by atoms with van der Waals surface area (Å²) >= 11 is 0. The molecule has 7 nitrogen and oxygen atoms in total. The van der Waals surface area contributed by atoms with Crippen molar-refractivity contribution in [2.24, 2.45) is 11.7 Å². The largest absolute Gasteiger partial charge is 0.493 e. The fraction of sp³-hybridized carbons (Fsp3) is 0.389. The predicted molar refractivity (Wildman–Crippen MR) is 94.0 cm³/mol. The van der Waals surface area contributed by atoms with Crippen molar-refractivity contribution in [2.45, 2.75) is 12.8 Å². The van der Waals surface area contributed by atoms with Crippen LogP contribution in [0.5, 0.6) is 11.6 Å². The molecule has 1 aliphatic rings. The quantitative estimate of drug-likeness (QED) is 0.862. The number of methoxy groups -OCH3 is 1. The highest BCUT2D eigenvalue weighted by molar-refractivity contribution is 5.91. The standard InChI is InChI=1S/C18H22N4O3/c1-24-17-4-2-3-16(21-17)22-9-6-13(7-10-22)12-25-14-5-8-20-15(11-14)18(19)23/h2-5,8,11,13H,6-7,9-10,12H2,1H3,(H2,19,23). The maximum atomic E-state index is 11.2. The first-order valence-electron chi connectivity index (χ1n) is 8.30. The molecule has 0 radical (unpaired) electrons. The molecule has 0 bridgehead atoms. The number of nitrogens with two attached hydrogens (primary N) is 1. The van der Waals surface area contributed by atoms with Crippen LogP contribution in [0.1, 0.15) is 23.3 Å². The van der Waals surface area contributed by atoms with Crippen LogP contribution in [0.3, 0.4) is 0 Å². The molecule has 132 valence electrons. The molecular formula is C18H22N4O3. The Hall–Kier alpha value is -2.83. The van der Waals surface area contributed by atoms with Crippen LogP contribution in [-0.2, 0) is 0 Å². The zero-order chi connectivity index (χ0) is 17.6. The topological polar surface area (TPSA) is 90.6 Å². The summed E-state index contributed by atoms with van der Waals surface area (Å²) in [6.45, 7) is 2.47. The number of aromatic nitrogens is 2. The number of rotatable bonds is 6. The van der Waals surface area contributed by atoms with Gasteiger partial charge in [0.15, 0.2) is 0 Å². The van der Waals surface area contributed by atoms with E-state index in [2.05, 4.69) is 14.9 Å². The number of ether oxygens (including phenoxy) is 2. The summed E-state index contributed by atoms with van der Waals surface area (Å²) in [5.41, 5.74) is 5.45. The molecule has 7 heteroatoms. The molecule has 0 spiro atoms. The van der Waals surface area contributed by atoms with E-state index in [1.165, 1.54) is 6.20 Å². The first kappa shape index (κ1) is 17.0. The van der Waals surface area contributed by atoms with Gasteiger partial charge in [0.2, 0.25) is 5.88 Å². The molecule has 0 saturated carbocycles. The number of pyridine rings is 2. The molecule has 0 atom stereocenters. The van der Waals surface area contributed by atoms with Gasteiger partial charge in [0.25, 0.3) is 5.91 Å². The normalized spacial score (nSPS) is 15.0. The molecule has 0 aromatic carbocycles. The smallest absolute Gasteiger partial charge is 0.267 e. The second-order valence-corrected chi connectivity index (χ2v) is 6.02. The Morgan fingerprint density at radius 2 is 2.12 bits per heavy atom. The van der Waals surface area contributed by atoms with Crippen molar-refractivity contribution < 1.29 is 14.3 Å². The van der Waals surface area contributed by atoms with Crippen molar-refractivity contribution in [1.29, 1.82) is 0 Å². The van der Waals surface area contributed by atoms with Crippen LogP contribution in [0.4, 0.5) is 5.82 Å². The van der Waals surface area contributed by atoms with Crippen molar-refractivity contribution in [3.8, 4) is 11.6 Å². The third kappa shape index (κ3) is 4.37. The van der Waals surface area contributed by atoms with Crippen LogP contribution in [0, 0.1) is 5.92 Å². The summed E-state index contributed by atoms with van der Waals surface area (Å²) in [6, 6.07) is 9.12. The third-order valence-electron chi connectivity index (χ3n) is 4.33. The predicted octanol–water partition coefficient (Wildman–Crippen LogP) is 1.88. The van der Waals surface area contributed by atoms with Gasteiger partial charge in [-0.05, 0) is 30.9 Å². The molecule has 1 saturated heterocycles. The third-order valence-corrected chi connectivity index (χ3v) is 4.33. The van der Waals surface area contributed by atoms with Gasteiger partial charge in [-0.15, -0.1) is 0 Å². The van der Waals surface area contributed by atoms with E-state index in [0.717, 1.165) is 31.7 Å². The van der Waals surface area contributed by atoms with Gasteiger partial charge in [-0.25, -0.2) is 0 Å². The molecule has 3 rings (SSSR count). The fourth-order valence-corrected chi connectivity index (χ4v) is 2.87. The summed E-state index contributed by atoms with van der Waals surface area (Å²) in [5.74, 6) is 2.11. The van der Waals surface area contributed by atoms with E-state index in [9.17, 15) is 4.79 Å². The Morgan fingerprint density at radius 1 is 1.32 bits per heavy atom. The van der Waals surface area contributed by atoms with Crippen LogP contribution in [0.25, 0.3) is 0 Å². The number of anilines is 1. The SMILES string of the molecule is COc1cccc(N2CCC(COc3ccnc(C(N)=O)c3)CC2)n1. The highest BCUT2D eigenvalue weighted by atomic mass is 16.5. The van der Waals surface area contributed by atoms with Crippen LogP contribution >= 0.6 is 0 Å². The number of carbonyl (C=O) groups is 1. The van der Waals surface area contributed by atoms with E-state index < -0.39 is 5.91 Å². The van der Waals surface area contributed by atoms with Gasteiger partial charge in [0, 0.05) is 31.4 Å². The number of piperidine rings is 1. The summed E-state index contributed by atoms with van der Waals surface area (Å²) in [4.78, 5) is 21.8. The van der Waals surface area contributed by atoms with Gasteiger partial charge in [-0.3, -0.25) is 9.78 Å². The molecule has 2 N–H and O–H groups in total. The average molecular weight is 342 g/mol. The van der Waals surface area contributed by atoms with E-state index in [1.54, 1.807) is 19.2 Å². The highest BCUT2D eigenvalue weighted by Gasteiger charge is 2.21. The molecule has 25 heavy (non-hydrogen) atoms. The zero-order valence-electron chi connectivity index (χ0n) is 14.2. The minimum absolute atomic E-state index is 0.219. The van der Waals surface area contributed by atoms with E-state index in [0.29, 0.717) is 24.2 Å². The van der Waals surface area contributed by atoms with Crippen molar-refractivity contribution >= 4 is 11.7 Å². The van der Waals surface area contributed by atoms with Gasteiger partial charge in [0.05, 0.1) is 13.7 Å². The summed E-state index contributed by atoms with van der Waals surface area (Å²) in [6.07, 6.45) is 3.58. The summed E-state index contributed by atoms with van der Waals surface area (Å²) in [7, 11) is 1.62. The van der Waals surface area contributed by atoms with Gasteiger partial charge in [-0.1, -0.05) is 6.07 Å². The number of nitrogens with zero attached hydrogens (tertiary/aromatic N) is 3. The lowest BCUT2D eigenvalue weighted by molar-refractivity contribution is 0.0995. The van der Waals surface area contributed by atoms with Crippen molar-refractivity contribution in [1.82, 2.24) is 9.97 Å². The number of amides is 1. The van der Waals surface area contributed by atoms with Crippen LogP contribution in [-0.4, -0.2) is 42.7 Å². The average Bonchev–Trinajstić information content (AvgIpc) is 2.67. The Labute approximate surface area is 146 Å². The minimum Gasteiger partial charge on any atom is -0.493 e. The Balaban J connectivity index is 1.51. The summed E-state index contributed by atoms with van der Waals surface area (Å²) in [5, 5.41) is 0. The van der Waals surface area contributed by atoms with Crippen molar-refractivity contribution in [2.75, 3.05) is 31.7 Å². The Morgan fingerprint density at radius 3 is 2.84 bits per heavy atom. The molecule has 3 heterocycles. The lowest BCUT2D eigenvalue weighted by Crippen LogP contribution is -2.36. The van der Waals surface area contributed by atoms with E-state index in [-0.39, 0.29) is 5.69 Å². The number of hydrogen-bond donors (Lipinski definition) is 1. The fourth-order valence-electron chi connectivity index (χ4n) is 2.87. The first-order chi connectivity index (χ1) is 12.2. The van der Waals surface area contributed by atoms with E-state index in [1.807, 2.05) is 18.2 Å². The van der Waals surface area contributed by atoms with Crippen LogP contribution in [0.15, 0.2) is 36.5 Å². The number of hydrogen-bond acceptors (Lipinski definition) is 6. The molecule has 1 amide bonds. The molecule has 0 aliphatic carbocycles. The lowest BCUT2D eigenvalue weighted by atomic mass is 9.98. The van der Waals surface area contributed by atoms with Crippen LogP contribution < -0.4 is 20.1 Å². The van der Waals surface area contributed by atoms with Gasteiger partial charge < -0.3 is 20.1 Å². The molecule has 1 aliphatic heterocycles. The molecule has 2 aromatic rings. The monoisotopic (exact) mass is 342 g/mol. The lowest BCUT2D eigenvalue weighted by Gasteiger charge is -2.32. The highest BCUT2D eigenvalue weighted by Crippen LogP contribution is 2.24. The molecule has 2 aromatic heterocycles. The molecule has 1 fully saturated rings. The van der Waals surface area contributed by atoms with E-state index >= 15 is 0 Å². The van der Waals surface area contributed by atoms with E-state index in [4.69, 9.17) is 15.2 Å². The minimum atomic E-state index is -0.551. The molecular weight excluding hydrogens is 320 g/mol. The number of primary amides is 1. The maximum absolute atomic E-state index is 11.2. The van der Waals surface area contributed by atoms with Gasteiger partial charge >= 0.3 is 0 Å².